The molecule has 0 unspecified atom stereocenters. The van der Waals surface area contributed by atoms with Gasteiger partial charge in [0.25, 0.3) is 0 Å². The van der Waals surface area contributed by atoms with Crippen LogP contribution in [0, 0.1) is 0 Å². The van der Waals surface area contributed by atoms with Gasteiger partial charge in [0.2, 0.25) is 15.9 Å². The molecule has 1 N–H and O–H groups in total. The van der Waals surface area contributed by atoms with Crippen LogP contribution in [0.2, 0.25) is 0 Å². The highest BCUT2D eigenvalue weighted by molar-refractivity contribution is 7.92. The van der Waals surface area contributed by atoms with E-state index in [-0.39, 0.29) is 18.8 Å². The van der Waals surface area contributed by atoms with Crippen molar-refractivity contribution in [3.8, 4) is 17.2 Å². The number of methoxy groups -OCH3 is 1. The number of ether oxygens (including phenoxy) is 3. The lowest BCUT2D eigenvalue weighted by Crippen LogP contribution is -2.41. The van der Waals surface area contributed by atoms with Crippen molar-refractivity contribution in [3.63, 3.8) is 0 Å². The number of amides is 1. The van der Waals surface area contributed by atoms with Gasteiger partial charge in [-0.25, -0.2) is 8.42 Å². The summed E-state index contributed by atoms with van der Waals surface area (Å²) in [7, 11) is -2.09. The predicted octanol–water partition coefficient (Wildman–Crippen LogP) is 1.94. The number of nitrogens with zero attached hydrogens (tertiary/aromatic N) is 1. The summed E-state index contributed by atoms with van der Waals surface area (Å²) in [5, 5.41) is 2.75. The number of fused-ring (bicyclic) bond motifs is 1. The normalized spacial score (nSPS) is 12.9. The Hall–Kier alpha value is -2.94. The van der Waals surface area contributed by atoms with Crippen molar-refractivity contribution >= 4 is 21.6 Å². The van der Waals surface area contributed by atoms with Crippen LogP contribution in [0.15, 0.2) is 42.5 Å². The van der Waals surface area contributed by atoms with Crippen LogP contribution in [0.25, 0.3) is 0 Å². The zero-order valence-corrected chi connectivity index (χ0v) is 17.2. The molecular formula is C20H24N2O6S. The average Bonchev–Trinajstić information content (AvgIpc) is 2.76. The molecule has 156 valence electrons. The minimum atomic E-state index is -3.67. The van der Waals surface area contributed by atoms with E-state index >= 15 is 0 Å². The number of carbonyl (C=O) groups is 1. The summed E-state index contributed by atoms with van der Waals surface area (Å²) in [5.41, 5.74) is 1.24. The number of benzene rings is 2. The Bertz CT molecular complexity index is 959. The van der Waals surface area contributed by atoms with Gasteiger partial charge in [0.15, 0.2) is 11.5 Å². The van der Waals surface area contributed by atoms with E-state index in [0.29, 0.717) is 30.4 Å². The maximum absolute atomic E-state index is 12.6. The molecular weight excluding hydrogens is 396 g/mol. The van der Waals surface area contributed by atoms with Gasteiger partial charge < -0.3 is 19.5 Å². The van der Waals surface area contributed by atoms with E-state index in [9.17, 15) is 13.2 Å². The third-order valence-corrected chi connectivity index (χ3v) is 6.19. The third kappa shape index (κ3) is 5.11. The Kier molecular flexibility index (Phi) is 6.48. The van der Waals surface area contributed by atoms with E-state index in [0.717, 1.165) is 15.6 Å². The van der Waals surface area contributed by atoms with Crippen molar-refractivity contribution in [3.05, 3.63) is 48.0 Å². The summed E-state index contributed by atoms with van der Waals surface area (Å²) in [6.07, 6.45) is 0. The van der Waals surface area contributed by atoms with Crippen molar-refractivity contribution in [1.29, 1.82) is 0 Å². The Labute approximate surface area is 170 Å². The summed E-state index contributed by atoms with van der Waals surface area (Å²) in [6, 6.07) is 12.1. The van der Waals surface area contributed by atoms with Crippen LogP contribution in [-0.2, 0) is 21.4 Å². The Balaban J connectivity index is 1.72. The first-order valence-corrected chi connectivity index (χ1v) is 10.8. The molecule has 29 heavy (non-hydrogen) atoms. The molecule has 1 aliphatic rings. The van der Waals surface area contributed by atoms with Gasteiger partial charge in [-0.3, -0.25) is 9.10 Å². The van der Waals surface area contributed by atoms with Gasteiger partial charge in [0.1, 0.15) is 25.5 Å². The summed E-state index contributed by atoms with van der Waals surface area (Å²) < 4.78 is 42.4. The summed E-state index contributed by atoms with van der Waals surface area (Å²) in [6.45, 7) is 2.32. The second-order valence-electron chi connectivity index (χ2n) is 6.36. The van der Waals surface area contributed by atoms with Crippen molar-refractivity contribution in [1.82, 2.24) is 5.32 Å². The fraction of sp³-hybridized carbons (Fsp3) is 0.350. The molecule has 0 aromatic heterocycles. The number of nitrogens with one attached hydrogen (secondary N) is 1. The molecule has 2 aromatic rings. The first kappa shape index (κ1) is 20.8. The van der Waals surface area contributed by atoms with E-state index in [1.165, 1.54) is 6.92 Å². The van der Waals surface area contributed by atoms with Gasteiger partial charge in [0.05, 0.1) is 18.6 Å². The first-order chi connectivity index (χ1) is 13.9. The van der Waals surface area contributed by atoms with Gasteiger partial charge >= 0.3 is 0 Å². The Morgan fingerprint density at radius 3 is 2.45 bits per heavy atom. The predicted molar refractivity (Wildman–Crippen MR) is 109 cm³/mol. The number of carbonyl (C=O) groups excluding carboxylic acids is 1. The van der Waals surface area contributed by atoms with E-state index < -0.39 is 15.9 Å². The molecule has 0 saturated heterocycles. The Morgan fingerprint density at radius 2 is 1.79 bits per heavy atom. The van der Waals surface area contributed by atoms with Crippen LogP contribution in [0.5, 0.6) is 17.2 Å². The fourth-order valence-corrected chi connectivity index (χ4v) is 3.88. The number of sulfonamides is 1. The molecule has 0 radical (unpaired) electrons. The minimum absolute atomic E-state index is 0.132. The van der Waals surface area contributed by atoms with Crippen molar-refractivity contribution in [2.45, 2.75) is 13.5 Å². The monoisotopic (exact) mass is 420 g/mol. The second kappa shape index (κ2) is 9.04. The number of hydrogen-bond acceptors (Lipinski definition) is 6. The SMILES string of the molecule is CCS(=O)(=O)N(CC(=O)NCc1ccc(OC)cc1)c1ccc2c(c1)OCCO2. The largest absolute Gasteiger partial charge is 0.497 e. The molecule has 0 bridgehead atoms. The minimum Gasteiger partial charge on any atom is -0.497 e. The zero-order chi connectivity index (χ0) is 20.9. The second-order valence-corrected chi connectivity index (χ2v) is 8.54. The van der Waals surface area contributed by atoms with Crippen molar-refractivity contribution in [2.75, 3.05) is 36.9 Å². The first-order valence-electron chi connectivity index (χ1n) is 9.22. The maximum atomic E-state index is 12.6. The number of rotatable bonds is 8. The van der Waals surface area contributed by atoms with Gasteiger partial charge in [-0.1, -0.05) is 12.1 Å². The van der Waals surface area contributed by atoms with E-state index in [2.05, 4.69) is 5.32 Å². The van der Waals surface area contributed by atoms with Gasteiger partial charge in [-0.2, -0.15) is 0 Å². The molecule has 0 fully saturated rings. The van der Waals surface area contributed by atoms with E-state index in [1.54, 1.807) is 37.4 Å². The molecule has 0 atom stereocenters. The summed E-state index contributed by atoms with van der Waals surface area (Å²) in [5.74, 6) is 1.20. The molecule has 9 heteroatoms. The Morgan fingerprint density at radius 1 is 1.10 bits per heavy atom. The lowest BCUT2D eigenvalue weighted by molar-refractivity contribution is -0.119. The smallest absolute Gasteiger partial charge is 0.241 e. The molecule has 1 heterocycles. The van der Waals surface area contributed by atoms with Gasteiger partial charge in [-0.05, 0) is 36.8 Å². The van der Waals surface area contributed by atoms with Crippen LogP contribution in [0.4, 0.5) is 5.69 Å². The summed E-state index contributed by atoms with van der Waals surface area (Å²) in [4.78, 5) is 12.5. The van der Waals surface area contributed by atoms with Crippen LogP contribution in [0.1, 0.15) is 12.5 Å². The molecule has 2 aromatic carbocycles. The van der Waals surface area contributed by atoms with Crippen molar-refractivity contribution < 1.29 is 27.4 Å². The van der Waals surface area contributed by atoms with Crippen LogP contribution in [0.3, 0.4) is 0 Å². The lowest BCUT2D eigenvalue weighted by Gasteiger charge is -2.25. The lowest BCUT2D eigenvalue weighted by atomic mass is 10.2. The van der Waals surface area contributed by atoms with Crippen molar-refractivity contribution in [2.24, 2.45) is 0 Å². The van der Waals surface area contributed by atoms with Gasteiger partial charge in [0, 0.05) is 12.6 Å². The van der Waals surface area contributed by atoms with E-state index in [4.69, 9.17) is 14.2 Å². The zero-order valence-electron chi connectivity index (χ0n) is 16.4. The van der Waals surface area contributed by atoms with Crippen LogP contribution in [-0.4, -0.2) is 46.9 Å². The highest BCUT2D eigenvalue weighted by Gasteiger charge is 2.25. The molecule has 0 spiro atoms. The topological polar surface area (TPSA) is 94.2 Å². The van der Waals surface area contributed by atoms with E-state index in [1.807, 2.05) is 12.1 Å². The molecule has 0 saturated carbocycles. The number of anilines is 1. The third-order valence-electron chi connectivity index (χ3n) is 4.45. The van der Waals surface area contributed by atoms with Gasteiger partial charge in [-0.15, -0.1) is 0 Å². The standard InChI is InChI=1S/C20H24N2O6S/c1-3-29(24,25)22(16-6-9-18-19(12-16)28-11-10-27-18)14-20(23)21-13-15-4-7-17(26-2)8-5-15/h4-9,12H,3,10-11,13-14H2,1-2H3,(H,21,23). The molecule has 1 amide bonds. The fourth-order valence-electron chi connectivity index (χ4n) is 2.82. The maximum Gasteiger partial charge on any atom is 0.241 e. The molecule has 3 rings (SSSR count). The highest BCUT2D eigenvalue weighted by atomic mass is 32.2. The van der Waals surface area contributed by atoms with Crippen LogP contribution >= 0.6 is 0 Å². The summed E-state index contributed by atoms with van der Waals surface area (Å²) >= 11 is 0. The molecule has 0 aliphatic carbocycles. The molecule has 8 nitrogen and oxygen atoms in total. The molecule has 1 aliphatic heterocycles. The number of hydrogen-bond donors (Lipinski definition) is 1. The van der Waals surface area contributed by atoms with Crippen LogP contribution < -0.4 is 23.8 Å². The highest BCUT2D eigenvalue weighted by Crippen LogP contribution is 2.34. The quantitative estimate of drug-likeness (QED) is 0.701. The average molecular weight is 420 g/mol.